The van der Waals surface area contributed by atoms with Crippen molar-refractivity contribution in [2.75, 3.05) is 7.11 Å². The number of hydrogen-bond donors (Lipinski definition) is 0. The summed E-state index contributed by atoms with van der Waals surface area (Å²) in [7, 11) is 1.25. The number of methoxy groups -OCH3 is 1. The van der Waals surface area contributed by atoms with E-state index in [1.807, 2.05) is 18.2 Å². The number of pyridine rings is 1. The summed E-state index contributed by atoms with van der Waals surface area (Å²) in [6.45, 7) is 0. The Kier molecular flexibility index (Phi) is 2.38. The average Bonchev–Trinajstić information content (AvgIpc) is 2.76. The quantitative estimate of drug-likeness (QED) is 0.380. The Bertz CT molecular complexity index is 766. The molecular formula is C12H8N2O3S. The molecule has 3 rings (SSSR count). The van der Waals surface area contributed by atoms with E-state index in [2.05, 4.69) is 9.72 Å². The van der Waals surface area contributed by atoms with Crippen molar-refractivity contribution in [2.24, 2.45) is 0 Å². The predicted octanol–water partition coefficient (Wildman–Crippen LogP) is 1.87. The van der Waals surface area contributed by atoms with E-state index in [9.17, 15) is 10.0 Å². The number of nitrogens with zero attached hydrogens (tertiary/aromatic N) is 2. The summed E-state index contributed by atoms with van der Waals surface area (Å²) < 4.78 is 5.88. The van der Waals surface area contributed by atoms with Crippen LogP contribution in [0.15, 0.2) is 30.5 Å². The number of aromatic nitrogens is 2. The van der Waals surface area contributed by atoms with Crippen molar-refractivity contribution >= 4 is 38.4 Å². The molecule has 0 bridgehead atoms. The van der Waals surface area contributed by atoms with Gasteiger partial charge in [-0.05, 0) is 12.1 Å². The van der Waals surface area contributed by atoms with Crippen LogP contribution in [-0.2, 0) is 4.74 Å². The minimum atomic E-state index is -0.629. The molecule has 0 unspecified atom stereocenters. The van der Waals surface area contributed by atoms with Crippen LogP contribution in [0.25, 0.3) is 21.1 Å². The first-order valence-corrected chi connectivity index (χ1v) is 6.02. The van der Waals surface area contributed by atoms with E-state index in [1.54, 1.807) is 12.3 Å². The summed E-state index contributed by atoms with van der Waals surface area (Å²) in [5.74, 6) is -0.629. The van der Waals surface area contributed by atoms with Gasteiger partial charge in [0.2, 0.25) is 5.52 Å². The summed E-state index contributed by atoms with van der Waals surface area (Å²) >= 11 is 1.10. The van der Waals surface area contributed by atoms with E-state index in [-0.39, 0.29) is 5.01 Å². The highest BCUT2D eigenvalue weighted by atomic mass is 32.1. The zero-order chi connectivity index (χ0) is 12.7. The lowest BCUT2D eigenvalue weighted by atomic mass is 10.2. The van der Waals surface area contributed by atoms with Crippen LogP contribution in [0.3, 0.4) is 0 Å². The number of hydrogen-bond acceptors (Lipinski definition) is 5. The number of esters is 1. The second-order valence-electron chi connectivity index (χ2n) is 3.68. The lowest BCUT2D eigenvalue weighted by molar-refractivity contribution is -0.575. The van der Waals surface area contributed by atoms with Crippen molar-refractivity contribution < 1.29 is 14.3 Å². The minimum absolute atomic E-state index is 0.0191. The smallest absolute Gasteiger partial charge is 0.416 e. The molecule has 2 heterocycles. The number of carbonyl (C=O) groups is 1. The van der Waals surface area contributed by atoms with Crippen molar-refractivity contribution in [2.45, 2.75) is 0 Å². The Morgan fingerprint density at radius 1 is 1.44 bits per heavy atom. The van der Waals surface area contributed by atoms with E-state index in [1.165, 1.54) is 7.11 Å². The predicted molar refractivity (Wildman–Crippen MR) is 67.4 cm³/mol. The zero-order valence-corrected chi connectivity index (χ0v) is 10.2. The van der Waals surface area contributed by atoms with Gasteiger partial charge in [0, 0.05) is 17.6 Å². The minimum Gasteiger partial charge on any atom is -0.617 e. The van der Waals surface area contributed by atoms with Crippen LogP contribution in [0.5, 0.6) is 0 Å². The van der Waals surface area contributed by atoms with Gasteiger partial charge in [0.05, 0.1) is 12.6 Å². The Hall–Kier alpha value is -2.21. The molecule has 0 radical (unpaired) electrons. The number of fused-ring (bicyclic) bond motifs is 3. The lowest BCUT2D eigenvalue weighted by Gasteiger charge is -1.97. The maximum Gasteiger partial charge on any atom is 0.416 e. The lowest BCUT2D eigenvalue weighted by Crippen LogP contribution is -2.31. The molecule has 90 valence electrons. The number of ether oxygens (including phenoxy) is 1. The Morgan fingerprint density at radius 3 is 3.06 bits per heavy atom. The molecule has 6 heteroatoms. The van der Waals surface area contributed by atoms with Gasteiger partial charge in [-0.3, -0.25) is 4.98 Å². The summed E-state index contributed by atoms with van der Waals surface area (Å²) in [5, 5.41) is 12.9. The third-order valence-electron chi connectivity index (χ3n) is 2.67. The van der Waals surface area contributed by atoms with Gasteiger partial charge in [-0.1, -0.05) is 17.4 Å². The highest BCUT2D eigenvalue weighted by Crippen LogP contribution is 2.27. The number of rotatable bonds is 1. The summed E-state index contributed by atoms with van der Waals surface area (Å²) in [4.78, 5) is 15.7. The van der Waals surface area contributed by atoms with Gasteiger partial charge in [-0.15, -0.1) is 4.73 Å². The molecule has 0 aliphatic carbocycles. The first-order chi connectivity index (χ1) is 8.72. The average molecular weight is 260 g/mol. The molecule has 5 nitrogen and oxygen atoms in total. The first kappa shape index (κ1) is 10.9. The van der Waals surface area contributed by atoms with Gasteiger partial charge < -0.3 is 9.94 Å². The van der Waals surface area contributed by atoms with E-state index in [0.717, 1.165) is 22.2 Å². The topological polar surface area (TPSA) is 66.1 Å². The molecule has 0 amide bonds. The van der Waals surface area contributed by atoms with Crippen LogP contribution >= 0.6 is 11.3 Å². The Labute approximate surface area is 106 Å². The number of carbonyl (C=O) groups excluding carboxylic acids is 1. The number of thiazole rings is 1. The van der Waals surface area contributed by atoms with Gasteiger partial charge in [0.25, 0.3) is 0 Å². The highest BCUT2D eigenvalue weighted by Gasteiger charge is 2.25. The fraction of sp³-hybridized carbons (Fsp3) is 0.0833. The second-order valence-corrected chi connectivity index (χ2v) is 4.68. The van der Waals surface area contributed by atoms with Gasteiger partial charge >= 0.3 is 11.0 Å². The fourth-order valence-corrected chi connectivity index (χ4v) is 2.89. The van der Waals surface area contributed by atoms with Crippen molar-refractivity contribution in [1.82, 2.24) is 4.98 Å². The van der Waals surface area contributed by atoms with Crippen molar-refractivity contribution in [3.8, 4) is 0 Å². The maximum atomic E-state index is 12.0. The molecule has 0 fully saturated rings. The van der Waals surface area contributed by atoms with Crippen molar-refractivity contribution in [3.05, 3.63) is 40.7 Å². The van der Waals surface area contributed by atoms with Crippen LogP contribution in [-0.4, -0.2) is 18.1 Å². The van der Waals surface area contributed by atoms with Crippen LogP contribution in [0, 0.1) is 5.21 Å². The van der Waals surface area contributed by atoms with Crippen LogP contribution < -0.4 is 4.73 Å². The van der Waals surface area contributed by atoms with E-state index in [0.29, 0.717) is 14.9 Å². The molecule has 0 aliphatic rings. The highest BCUT2D eigenvalue weighted by molar-refractivity contribution is 7.20. The molecule has 0 saturated carbocycles. The van der Waals surface area contributed by atoms with Gasteiger partial charge in [-0.25, -0.2) is 4.79 Å². The van der Waals surface area contributed by atoms with Crippen LogP contribution in [0.1, 0.15) is 9.80 Å². The first-order valence-electron chi connectivity index (χ1n) is 5.20. The molecule has 0 atom stereocenters. The molecule has 0 N–H and O–H groups in total. The van der Waals surface area contributed by atoms with E-state index in [4.69, 9.17) is 0 Å². The maximum absolute atomic E-state index is 12.0. The van der Waals surface area contributed by atoms with Crippen LogP contribution in [0.2, 0.25) is 0 Å². The summed E-state index contributed by atoms with van der Waals surface area (Å²) in [6.07, 6.45) is 1.66. The SMILES string of the molecule is COC(=O)c1sc2c3ncccc3ccc2[n+]1[O-]. The van der Waals surface area contributed by atoms with Crippen LogP contribution in [0.4, 0.5) is 0 Å². The van der Waals surface area contributed by atoms with E-state index >= 15 is 0 Å². The molecule has 0 aliphatic heterocycles. The van der Waals surface area contributed by atoms with Crippen molar-refractivity contribution in [3.63, 3.8) is 0 Å². The number of benzene rings is 1. The standard InChI is InChI=1S/C12H8N2O3S/c1-17-12(15)11-14(16)8-5-4-7-3-2-6-13-9(7)10(8)18-11/h2-6H,1H3. The molecular weight excluding hydrogens is 252 g/mol. The van der Waals surface area contributed by atoms with Gasteiger partial charge in [0.15, 0.2) is 0 Å². The zero-order valence-electron chi connectivity index (χ0n) is 9.41. The third-order valence-corrected chi connectivity index (χ3v) is 3.80. The Morgan fingerprint density at radius 2 is 2.28 bits per heavy atom. The third kappa shape index (κ3) is 1.42. The molecule has 18 heavy (non-hydrogen) atoms. The normalized spacial score (nSPS) is 10.9. The second kappa shape index (κ2) is 3.92. The molecule has 3 aromatic rings. The fourth-order valence-electron chi connectivity index (χ4n) is 1.83. The van der Waals surface area contributed by atoms with Gasteiger partial charge in [-0.2, -0.15) is 0 Å². The summed E-state index contributed by atoms with van der Waals surface area (Å²) in [5.41, 5.74) is 1.16. The van der Waals surface area contributed by atoms with E-state index < -0.39 is 5.97 Å². The summed E-state index contributed by atoms with van der Waals surface area (Å²) in [6, 6.07) is 7.24. The van der Waals surface area contributed by atoms with Crippen molar-refractivity contribution in [1.29, 1.82) is 0 Å². The Balaban J connectivity index is 2.42. The monoisotopic (exact) mass is 260 g/mol. The molecule has 1 aromatic carbocycles. The largest absolute Gasteiger partial charge is 0.617 e. The molecule has 0 saturated heterocycles. The molecule has 2 aromatic heterocycles. The molecule has 0 spiro atoms. The van der Waals surface area contributed by atoms with Gasteiger partial charge in [0.1, 0.15) is 4.70 Å².